The average molecular weight is 707 g/mol. The molecule has 54 heavy (non-hydrogen) atoms. The summed E-state index contributed by atoms with van der Waals surface area (Å²) in [5.41, 5.74) is 8.51. The van der Waals surface area contributed by atoms with Crippen LogP contribution in [0, 0.1) is 22.7 Å². The summed E-state index contributed by atoms with van der Waals surface area (Å²) in [7, 11) is 0. The minimum atomic E-state index is 0.528. The van der Waals surface area contributed by atoms with E-state index in [4.69, 9.17) is 15.0 Å². The van der Waals surface area contributed by atoms with Crippen molar-refractivity contribution >= 4 is 53.3 Å². The van der Waals surface area contributed by atoms with Gasteiger partial charge in [0.05, 0.1) is 40.0 Å². The Hall–Kier alpha value is -7.45. The van der Waals surface area contributed by atoms with Crippen molar-refractivity contribution in [3.05, 3.63) is 169 Å². The summed E-state index contributed by atoms with van der Waals surface area (Å²) in [4.78, 5) is 15.4. The van der Waals surface area contributed by atoms with Crippen LogP contribution in [0.15, 0.2) is 158 Å². The van der Waals surface area contributed by atoms with Crippen LogP contribution in [0.4, 0.5) is 0 Å². The van der Waals surface area contributed by atoms with Crippen LogP contribution in [0.1, 0.15) is 11.1 Å². The number of thiophene rings is 1. The molecule has 10 rings (SSSR count). The summed E-state index contributed by atoms with van der Waals surface area (Å²) < 4.78 is 4.65. The van der Waals surface area contributed by atoms with Gasteiger partial charge in [-0.3, -0.25) is 0 Å². The minimum Gasteiger partial charge on any atom is -0.308 e. The molecule has 0 saturated heterocycles. The minimum absolute atomic E-state index is 0.528. The molecule has 0 amide bonds. The second-order valence-electron chi connectivity index (χ2n) is 13.1. The molecule has 0 aliphatic heterocycles. The average Bonchev–Trinajstić information content (AvgIpc) is 3.79. The molecule has 0 N–H and O–H groups in total. The first-order valence-electron chi connectivity index (χ1n) is 17.5. The molecule has 0 aliphatic rings. The van der Waals surface area contributed by atoms with Gasteiger partial charge < -0.3 is 4.57 Å². The Kier molecular flexibility index (Phi) is 7.33. The van der Waals surface area contributed by atoms with Crippen molar-refractivity contribution in [1.29, 1.82) is 10.5 Å². The van der Waals surface area contributed by atoms with Crippen LogP contribution < -0.4 is 0 Å². The Labute approximate surface area is 314 Å². The van der Waals surface area contributed by atoms with Crippen LogP contribution >= 0.6 is 11.3 Å². The normalized spacial score (nSPS) is 11.3. The topological polar surface area (TPSA) is 91.2 Å². The molecular formula is C47H26N6S. The number of nitrogens with zero attached hydrogens (tertiary/aromatic N) is 6. The predicted molar refractivity (Wildman–Crippen MR) is 218 cm³/mol. The fraction of sp³-hybridized carbons (Fsp3) is 0. The number of fused-ring (bicyclic) bond motifs is 6. The lowest BCUT2D eigenvalue weighted by atomic mass is 9.99. The Morgan fingerprint density at radius 3 is 1.65 bits per heavy atom. The van der Waals surface area contributed by atoms with E-state index in [1.807, 2.05) is 97.1 Å². The molecule has 0 unspecified atom stereocenters. The summed E-state index contributed by atoms with van der Waals surface area (Å²) in [5.74, 6) is 1.67. The van der Waals surface area contributed by atoms with Gasteiger partial charge in [0, 0.05) is 47.6 Å². The van der Waals surface area contributed by atoms with E-state index in [-0.39, 0.29) is 0 Å². The molecule has 0 bridgehead atoms. The molecule has 0 spiro atoms. The van der Waals surface area contributed by atoms with Gasteiger partial charge in [0.1, 0.15) is 0 Å². The fourth-order valence-corrected chi connectivity index (χ4v) is 8.64. The first kappa shape index (κ1) is 31.3. The maximum Gasteiger partial charge on any atom is 0.166 e. The van der Waals surface area contributed by atoms with Gasteiger partial charge >= 0.3 is 0 Å². The number of benzene rings is 7. The van der Waals surface area contributed by atoms with Gasteiger partial charge in [-0.25, -0.2) is 15.0 Å². The van der Waals surface area contributed by atoms with E-state index in [9.17, 15) is 10.5 Å². The van der Waals surface area contributed by atoms with Crippen LogP contribution in [0.3, 0.4) is 0 Å². The molecule has 0 fully saturated rings. The number of hydrogen-bond acceptors (Lipinski definition) is 6. The van der Waals surface area contributed by atoms with Crippen LogP contribution in [0.5, 0.6) is 0 Å². The third kappa shape index (κ3) is 5.11. The molecule has 0 radical (unpaired) electrons. The summed E-state index contributed by atoms with van der Waals surface area (Å²) in [5, 5.41) is 23.9. The quantitative estimate of drug-likeness (QED) is 0.178. The predicted octanol–water partition coefficient (Wildman–Crippen LogP) is 11.7. The van der Waals surface area contributed by atoms with Crippen molar-refractivity contribution in [3.63, 3.8) is 0 Å². The van der Waals surface area contributed by atoms with Crippen molar-refractivity contribution in [2.24, 2.45) is 0 Å². The number of aromatic nitrogens is 4. The second-order valence-corrected chi connectivity index (χ2v) is 14.1. The highest BCUT2D eigenvalue weighted by Gasteiger charge is 2.22. The van der Waals surface area contributed by atoms with Gasteiger partial charge in [-0.2, -0.15) is 10.5 Å². The summed E-state index contributed by atoms with van der Waals surface area (Å²) in [6.07, 6.45) is 0. The fourth-order valence-electron chi connectivity index (χ4n) is 7.40. The summed E-state index contributed by atoms with van der Waals surface area (Å²) >= 11 is 1.80. The van der Waals surface area contributed by atoms with E-state index in [0.717, 1.165) is 55.3 Å². The van der Waals surface area contributed by atoms with E-state index in [1.54, 1.807) is 11.3 Å². The Bertz CT molecular complexity index is 3060. The van der Waals surface area contributed by atoms with Gasteiger partial charge in [0.15, 0.2) is 17.5 Å². The van der Waals surface area contributed by atoms with Gasteiger partial charge in [-0.15, -0.1) is 11.3 Å². The molecule has 7 heteroatoms. The lowest BCUT2D eigenvalue weighted by molar-refractivity contribution is 1.06. The first-order chi connectivity index (χ1) is 26.7. The monoisotopic (exact) mass is 706 g/mol. The second kappa shape index (κ2) is 12.6. The van der Waals surface area contributed by atoms with Crippen molar-refractivity contribution in [3.8, 4) is 63.1 Å². The van der Waals surface area contributed by atoms with Crippen LogP contribution in [-0.2, 0) is 0 Å². The zero-order valence-corrected chi connectivity index (χ0v) is 29.4. The molecular weight excluding hydrogens is 681 g/mol. The maximum atomic E-state index is 9.86. The Balaban J connectivity index is 1.31. The lowest BCUT2D eigenvalue weighted by Crippen LogP contribution is -2.04. The third-order valence-corrected chi connectivity index (χ3v) is 11.1. The van der Waals surface area contributed by atoms with Gasteiger partial charge in [-0.1, -0.05) is 103 Å². The highest BCUT2D eigenvalue weighted by molar-refractivity contribution is 7.26. The largest absolute Gasteiger partial charge is 0.308 e. The number of hydrogen-bond donors (Lipinski definition) is 0. The molecule has 3 aromatic heterocycles. The molecule has 6 nitrogen and oxygen atoms in total. The highest BCUT2D eigenvalue weighted by atomic mass is 32.1. The molecule has 7 aromatic carbocycles. The molecule has 0 saturated carbocycles. The molecule has 0 atom stereocenters. The molecule has 0 aliphatic carbocycles. The first-order valence-corrected chi connectivity index (χ1v) is 18.3. The van der Waals surface area contributed by atoms with Gasteiger partial charge in [0.2, 0.25) is 0 Å². The zero-order chi connectivity index (χ0) is 36.2. The lowest BCUT2D eigenvalue weighted by Gasteiger charge is -2.16. The summed E-state index contributed by atoms with van der Waals surface area (Å²) in [6.45, 7) is 0. The van der Waals surface area contributed by atoms with E-state index in [1.165, 1.54) is 20.2 Å². The van der Waals surface area contributed by atoms with E-state index in [0.29, 0.717) is 28.6 Å². The maximum absolute atomic E-state index is 9.86. The zero-order valence-electron chi connectivity index (χ0n) is 28.6. The van der Waals surface area contributed by atoms with Crippen molar-refractivity contribution in [2.75, 3.05) is 0 Å². The van der Waals surface area contributed by atoms with Crippen molar-refractivity contribution in [1.82, 2.24) is 19.5 Å². The van der Waals surface area contributed by atoms with E-state index < -0.39 is 0 Å². The Morgan fingerprint density at radius 1 is 0.444 bits per heavy atom. The molecule has 250 valence electrons. The Morgan fingerprint density at radius 2 is 1.02 bits per heavy atom. The van der Waals surface area contributed by atoms with Gasteiger partial charge in [0.25, 0.3) is 0 Å². The van der Waals surface area contributed by atoms with Gasteiger partial charge in [-0.05, 0) is 65.7 Å². The van der Waals surface area contributed by atoms with Crippen molar-refractivity contribution in [2.45, 2.75) is 0 Å². The van der Waals surface area contributed by atoms with Crippen LogP contribution in [0.25, 0.3) is 93.0 Å². The smallest absolute Gasteiger partial charge is 0.166 e. The van der Waals surface area contributed by atoms with E-state index >= 15 is 0 Å². The number of nitriles is 2. The van der Waals surface area contributed by atoms with Crippen LogP contribution in [-0.4, -0.2) is 19.5 Å². The van der Waals surface area contributed by atoms with E-state index in [2.05, 4.69) is 77.4 Å². The SMILES string of the molecule is N#Cc1ccc2c(c1)c1cc(C#N)ccc1n2-c1ccc(-c2cccc3c2sc2ccccc23)cc1-c1nc(-c2ccccc2)nc(-c2ccccc2)n1. The summed E-state index contributed by atoms with van der Waals surface area (Å²) in [6, 6.07) is 57.5. The van der Waals surface area contributed by atoms with Crippen LogP contribution in [0.2, 0.25) is 0 Å². The molecule has 3 heterocycles. The molecule has 10 aromatic rings. The third-order valence-electron chi connectivity index (χ3n) is 9.92. The highest BCUT2D eigenvalue weighted by Crippen LogP contribution is 2.43. The van der Waals surface area contributed by atoms with Crippen molar-refractivity contribution < 1.29 is 0 Å². The standard InChI is InChI=1S/C47H26N6S/c48-27-29-18-21-40-37(24-29)38-25-30(28-49)19-22-41(38)53(40)42-23-20-33(34-15-9-16-36-35-14-7-8-17-43(35)54-44(34)36)26-39(42)47-51-45(31-10-3-1-4-11-31)50-46(52-47)32-12-5-2-6-13-32/h1-26H. The number of rotatable bonds is 5.